The van der Waals surface area contributed by atoms with E-state index in [-0.39, 0.29) is 22.3 Å². The number of aryl methyl sites for hydroxylation is 2. The molecule has 0 fully saturated rings. The predicted octanol–water partition coefficient (Wildman–Crippen LogP) is 9.80. The second-order valence-corrected chi connectivity index (χ2v) is 8.72. The van der Waals surface area contributed by atoms with Gasteiger partial charge < -0.3 is 0 Å². The van der Waals surface area contributed by atoms with Crippen molar-refractivity contribution in [3.63, 3.8) is 0 Å². The van der Waals surface area contributed by atoms with Crippen molar-refractivity contribution in [3.05, 3.63) is 56.6 Å². The quantitative estimate of drug-likeness (QED) is 0.199. The lowest BCUT2D eigenvalue weighted by Gasteiger charge is -2.24. The molecule has 0 saturated heterocycles. The van der Waals surface area contributed by atoms with Crippen LogP contribution in [0.4, 0.5) is 52.7 Å². The first-order valence-electron chi connectivity index (χ1n) is 10.2. The number of hydrogen-bond donors (Lipinski definition) is 0. The summed E-state index contributed by atoms with van der Waals surface area (Å²) in [6, 6.07) is 0.779. The Balaban J connectivity index is 2.40. The Morgan fingerprint density at radius 2 is 0.722 bits per heavy atom. The van der Waals surface area contributed by atoms with Gasteiger partial charge in [-0.15, -0.1) is 0 Å². The van der Waals surface area contributed by atoms with E-state index in [1.54, 1.807) is 0 Å². The molecule has 0 amide bonds. The summed E-state index contributed by atoms with van der Waals surface area (Å²) in [4.78, 5) is 0. The van der Waals surface area contributed by atoms with Crippen LogP contribution < -0.4 is 0 Å². The van der Waals surface area contributed by atoms with Crippen molar-refractivity contribution in [2.24, 2.45) is 0 Å². The molecule has 3 aromatic carbocycles. The highest BCUT2D eigenvalue weighted by Gasteiger charge is 2.50. The van der Waals surface area contributed by atoms with Gasteiger partial charge in [0, 0.05) is 5.39 Å². The largest absolute Gasteiger partial charge is 0.417 e. The molecule has 0 heterocycles. The molecule has 4 rings (SSSR count). The summed E-state index contributed by atoms with van der Waals surface area (Å²) >= 11 is 0. The third-order valence-electron chi connectivity index (χ3n) is 6.48. The van der Waals surface area contributed by atoms with Gasteiger partial charge in [0.1, 0.15) is 0 Å². The molecule has 12 heteroatoms. The van der Waals surface area contributed by atoms with Crippen molar-refractivity contribution >= 4 is 10.8 Å². The zero-order valence-corrected chi connectivity index (χ0v) is 18.7. The molecule has 1 aliphatic carbocycles. The number of halogens is 12. The van der Waals surface area contributed by atoms with E-state index in [1.807, 2.05) is 0 Å². The van der Waals surface area contributed by atoms with Gasteiger partial charge in [-0.05, 0) is 89.7 Å². The lowest BCUT2D eigenvalue weighted by molar-refractivity contribution is -0.162. The Labute approximate surface area is 195 Å². The van der Waals surface area contributed by atoms with Crippen LogP contribution in [0.25, 0.3) is 33.0 Å². The summed E-state index contributed by atoms with van der Waals surface area (Å²) in [5.74, 6) is 0. The second kappa shape index (κ2) is 7.32. The average Bonchev–Trinajstić information content (AvgIpc) is 3.03. The highest BCUT2D eigenvalue weighted by atomic mass is 19.4. The van der Waals surface area contributed by atoms with Crippen molar-refractivity contribution in [2.45, 2.75) is 52.4 Å². The average molecular weight is 530 g/mol. The number of hydrogen-bond acceptors (Lipinski definition) is 0. The molecule has 0 aromatic heterocycles. The van der Waals surface area contributed by atoms with Gasteiger partial charge in [-0.1, -0.05) is 0 Å². The predicted molar refractivity (Wildman–Crippen MR) is 107 cm³/mol. The molecule has 0 spiro atoms. The van der Waals surface area contributed by atoms with Crippen LogP contribution in [0.3, 0.4) is 0 Å². The van der Waals surface area contributed by atoms with Gasteiger partial charge in [0.25, 0.3) is 0 Å². The third kappa shape index (κ3) is 3.54. The molecule has 0 bridgehead atoms. The zero-order chi connectivity index (χ0) is 27.5. The van der Waals surface area contributed by atoms with Crippen LogP contribution in [-0.4, -0.2) is 0 Å². The van der Waals surface area contributed by atoms with Crippen LogP contribution in [0.5, 0.6) is 0 Å². The minimum absolute atomic E-state index is 0.316. The summed E-state index contributed by atoms with van der Waals surface area (Å²) in [6.45, 7) is 3.62. The molecule has 0 saturated carbocycles. The van der Waals surface area contributed by atoms with E-state index in [4.69, 9.17) is 0 Å². The van der Waals surface area contributed by atoms with Crippen LogP contribution in [0.1, 0.15) is 44.5 Å². The lowest BCUT2D eigenvalue weighted by atomic mass is 9.84. The molecule has 3 aromatic rings. The zero-order valence-electron chi connectivity index (χ0n) is 18.7. The molecule has 0 nitrogen and oxygen atoms in total. The Kier molecular flexibility index (Phi) is 5.31. The van der Waals surface area contributed by atoms with Crippen molar-refractivity contribution in [1.82, 2.24) is 0 Å². The minimum Gasteiger partial charge on any atom is -0.166 e. The first-order chi connectivity index (χ1) is 16.1. The van der Waals surface area contributed by atoms with Crippen molar-refractivity contribution in [1.29, 1.82) is 0 Å². The molecular weight excluding hydrogens is 516 g/mol. The van der Waals surface area contributed by atoms with Crippen LogP contribution >= 0.6 is 0 Å². The highest BCUT2D eigenvalue weighted by Crippen LogP contribution is 2.60. The number of rotatable bonds is 0. The van der Waals surface area contributed by atoms with E-state index in [1.165, 1.54) is 0 Å². The SMILES string of the molecule is Cc1cc(C(F)(F)F)c2c(C(F)(F)F)cc(C)c3c2c1-c1c(C)c(C(F)(F)F)c(C(F)(F)F)c(C)c1-3. The molecule has 0 N–H and O–H groups in total. The number of benzene rings is 3. The maximum absolute atomic E-state index is 13.9. The summed E-state index contributed by atoms with van der Waals surface area (Å²) in [5, 5.41) is -1.98. The van der Waals surface area contributed by atoms with E-state index in [2.05, 4.69) is 0 Å². The van der Waals surface area contributed by atoms with Crippen LogP contribution in [0.2, 0.25) is 0 Å². The van der Waals surface area contributed by atoms with Crippen LogP contribution in [0, 0.1) is 27.7 Å². The fraction of sp³-hybridized carbons (Fsp3) is 0.333. The molecule has 0 unspecified atom stereocenters. The molecule has 0 radical (unpaired) electrons. The van der Waals surface area contributed by atoms with E-state index in [9.17, 15) is 52.7 Å². The molecule has 36 heavy (non-hydrogen) atoms. The topological polar surface area (TPSA) is 0 Å². The summed E-state index contributed by atoms with van der Waals surface area (Å²) in [5.41, 5.74) is -11.6. The summed E-state index contributed by atoms with van der Waals surface area (Å²) < 4.78 is 167. The summed E-state index contributed by atoms with van der Waals surface area (Å²) in [7, 11) is 0. The fourth-order valence-corrected chi connectivity index (χ4v) is 5.33. The van der Waals surface area contributed by atoms with Crippen LogP contribution in [-0.2, 0) is 24.7 Å². The number of fused-ring (bicyclic) bond motifs is 3. The maximum Gasteiger partial charge on any atom is 0.417 e. The molecule has 0 atom stereocenters. The smallest absolute Gasteiger partial charge is 0.166 e. The summed E-state index contributed by atoms with van der Waals surface area (Å²) in [6.07, 6.45) is -21.6. The Morgan fingerprint density at radius 3 is 0.972 bits per heavy atom. The molecule has 1 aliphatic rings. The van der Waals surface area contributed by atoms with Gasteiger partial charge >= 0.3 is 24.7 Å². The van der Waals surface area contributed by atoms with E-state index in [0.717, 1.165) is 27.7 Å². The number of alkyl halides is 12. The Bertz CT molecular complexity index is 1340. The molecule has 0 aliphatic heterocycles. The monoisotopic (exact) mass is 530 g/mol. The van der Waals surface area contributed by atoms with Gasteiger partial charge in [-0.2, -0.15) is 52.7 Å². The molecular formula is C24H14F12. The Morgan fingerprint density at radius 1 is 0.417 bits per heavy atom. The van der Waals surface area contributed by atoms with Crippen molar-refractivity contribution in [2.75, 3.05) is 0 Å². The van der Waals surface area contributed by atoms with Gasteiger partial charge in [-0.3, -0.25) is 0 Å². The van der Waals surface area contributed by atoms with E-state index >= 15 is 0 Å². The minimum atomic E-state index is -5.51. The lowest BCUT2D eigenvalue weighted by Crippen LogP contribution is -2.21. The van der Waals surface area contributed by atoms with Crippen molar-refractivity contribution in [3.8, 4) is 22.3 Å². The van der Waals surface area contributed by atoms with Gasteiger partial charge in [0.05, 0.1) is 22.3 Å². The Hall–Kier alpha value is -2.92. The fourth-order valence-electron chi connectivity index (χ4n) is 5.33. The maximum atomic E-state index is 13.9. The van der Waals surface area contributed by atoms with E-state index in [0.29, 0.717) is 12.1 Å². The highest BCUT2D eigenvalue weighted by molar-refractivity contribution is 6.20. The second-order valence-electron chi connectivity index (χ2n) is 8.72. The first-order valence-corrected chi connectivity index (χ1v) is 10.2. The van der Waals surface area contributed by atoms with Gasteiger partial charge in [0.15, 0.2) is 0 Å². The van der Waals surface area contributed by atoms with E-state index < -0.39 is 80.0 Å². The van der Waals surface area contributed by atoms with Gasteiger partial charge in [-0.25, -0.2) is 0 Å². The van der Waals surface area contributed by atoms with Gasteiger partial charge in [0.2, 0.25) is 0 Å². The third-order valence-corrected chi connectivity index (χ3v) is 6.48. The van der Waals surface area contributed by atoms with Crippen LogP contribution in [0.15, 0.2) is 12.1 Å². The van der Waals surface area contributed by atoms with Crippen molar-refractivity contribution < 1.29 is 52.7 Å². The standard InChI is InChI=1S/C24H14F12/c1-7-5-11(21(25,26)27)17-12(22(28,29)30)6-8(2)14-16-10(4)20(24(34,35)36)19(23(31,32)33)9(3)15(16)13(7)18(14)17/h5-6H,1-4H3. The normalized spacial score (nSPS) is 14.1. The first kappa shape index (κ1) is 26.2. The molecule has 194 valence electrons.